The van der Waals surface area contributed by atoms with Gasteiger partial charge < -0.3 is 20.1 Å². The number of ether oxygens (including phenoxy) is 2. The van der Waals surface area contributed by atoms with E-state index in [1.54, 1.807) is 0 Å². The van der Waals surface area contributed by atoms with Crippen molar-refractivity contribution in [3.05, 3.63) is 51.8 Å². The van der Waals surface area contributed by atoms with Crippen LogP contribution in [0.25, 0.3) is 0 Å². The Morgan fingerprint density at radius 3 is 2.19 bits per heavy atom. The van der Waals surface area contributed by atoms with Crippen LogP contribution in [0, 0.1) is 17.5 Å². The first kappa shape index (κ1) is 20.6. The molecule has 10 heteroatoms. The van der Waals surface area contributed by atoms with Crippen molar-refractivity contribution in [3.8, 4) is 11.5 Å². The molecule has 144 valence electrons. The molecule has 2 rings (SSSR count). The van der Waals surface area contributed by atoms with E-state index in [1.165, 1.54) is 26.4 Å². The van der Waals surface area contributed by atoms with Crippen LogP contribution < -0.4 is 20.1 Å². The van der Waals surface area contributed by atoms with Crippen molar-refractivity contribution in [2.75, 3.05) is 26.1 Å². The summed E-state index contributed by atoms with van der Waals surface area (Å²) >= 11 is 3.26. The number of carbonyl (C=O) groups excluding carboxylic acids is 2. The largest absolute Gasteiger partial charge is 0.495 e. The maximum Gasteiger partial charge on any atom is 0.251 e. The molecule has 2 aromatic rings. The van der Waals surface area contributed by atoms with Gasteiger partial charge >= 0.3 is 0 Å². The monoisotopic (exact) mass is 446 g/mol. The summed E-state index contributed by atoms with van der Waals surface area (Å²) in [6.45, 7) is -0.530. The first-order valence-electron chi connectivity index (χ1n) is 7.41. The lowest BCUT2D eigenvalue weighted by atomic mass is 10.2. The summed E-state index contributed by atoms with van der Waals surface area (Å²) in [6, 6.07) is 4.40. The molecule has 0 radical (unpaired) electrons. The zero-order valence-corrected chi connectivity index (χ0v) is 15.7. The average Bonchev–Trinajstić information content (AvgIpc) is 2.66. The van der Waals surface area contributed by atoms with Gasteiger partial charge in [0.1, 0.15) is 16.0 Å². The molecule has 2 aromatic carbocycles. The second-order valence-corrected chi connectivity index (χ2v) is 5.94. The van der Waals surface area contributed by atoms with Crippen LogP contribution in [-0.4, -0.2) is 32.6 Å². The summed E-state index contributed by atoms with van der Waals surface area (Å²) < 4.78 is 50.3. The number of halogens is 4. The van der Waals surface area contributed by atoms with Crippen LogP contribution in [0.4, 0.5) is 18.9 Å². The van der Waals surface area contributed by atoms with E-state index in [9.17, 15) is 22.8 Å². The highest BCUT2D eigenvalue weighted by molar-refractivity contribution is 9.10. The average molecular weight is 447 g/mol. The molecule has 0 heterocycles. The highest BCUT2D eigenvalue weighted by atomic mass is 79.9. The van der Waals surface area contributed by atoms with E-state index < -0.39 is 41.5 Å². The summed E-state index contributed by atoms with van der Waals surface area (Å²) in [6.07, 6.45) is 0. The fraction of sp³-hybridized carbons (Fsp3) is 0.176. The Balaban J connectivity index is 2.05. The topological polar surface area (TPSA) is 76.7 Å². The number of nitrogens with one attached hydrogen (secondary N) is 2. The second-order valence-electron chi connectivity index (χ2n) is 5.15. The number of amides is 2. The zero-order valence-electron chi connectivity index (χ0n) is 14.2. The molecule has 0 aliphatic heterocycles. The first-order valence-corrected chi connectivity index (χ1v) is 8.20. The van der Waals surface area contributed by atoms with Gasteiger partial charge in [-0.15, -0.1) is 0 Å². The summed E-state index contributed by atoms with van der Waals surface area (Å²) in [4.78, 5) is 24.0. The van der Waals surface area contributed by atoms with E-state index in [-0.39, 0.29) is 5.56 Å². The number of rotatable bonds is 6. The molecule has 0 unspecified atom stereocenters. The molecule has 0 fully saturated rings. The van der Waals surface area contributed by atoms with Gasteiger partial charge in [-0.25, -0.2) is 13.2 Å². The van der Waals surface area contributed by atoms with Crippen LogP contribution in [0.2, 0.25) is 0 Å². The van der Waals surface area contributed by atoms with E-state index in [0.29, 0.717) is 22.0 Å². The zero-order chi connectivity index (χ0) is 20.1. The van der Waals surface area contributed by atoms with Gasteiger partial charge in [0, 0.05) is 5.56 Å². The predicted molar refractivity (Wildman–Crippen MR) is 94.5 cm³/mol. The summed E-state index contributed by atoms with van der Waals surface area (Å²) in [7, 11) is 2.82. The molecule has 6 nitrogen and oxygen atoms in total. The van der Waals surface area contributed by atoms with Crippen LogP contribution in [-0.2, 0) is 4.79 Å². The minimum Gasteiger partial charge on any atom is -0.495 e. The Morgan fingerprint density at radius 1 is 1.04 bits per heavy atom. The highest BCUT2D eigenvalue weighted by Crippen LogP contribution is 2.35. The molecule has 0 aliphatic rings. The minimum absolute atomic E-state index is 0.152. The Morgan fingerprint density at radius 2 is 1.63 bits per heavy atom. The molecule has 2 amide bonds. The summed E-state index contributed by atoms with van der Waals surface area (Å²) in [5.74, 6) is -5.38. The number of methoxy groups -OCH3 is 2. The maximum atomic E-state index is 13.5. The Bertz CT molecular complexity index is 868. The van der Waals surface area contributed by atoms with Gasteiger partial charge in [-0.1, -0.05) is 0 Å². The van der Waals surface area contributed by atoms with E-state index >= 15 is 0 Å². The van der Waals surface area contributed by atoms with Crippen LogP contribution in [0.1, 0.15) is 10.4 Å². The first-order chi connectivity index (χ1) is 12.8. The molecule has 0 saturated heterocycles. The standard InChI is InChI=1S/C17H14BrF3N2O4/c1-26-11-5-8(6-12(27-2)14(11)18)17(25)22-7-13(24)23-10-4-3-9(19)15(20)16(10)21/h3-6H,7H2,1-2H3,(H,22,25)(H,23,24). The van der Waals surface area contributed by atoms with Gasteiger partial charge in [0.25, 0.3) is 5.91 Å². The lowest BCUT2D eigenvalue weighted by Crippen LogP contribution is -2.33. The third-order valence-corrected chi connectivity index (χ3v) is 4.21. The molecule has 2 N–H and O–H groups in total. The van der Waals surface area contributed by atoms with Crippen LogP contribution >= 0.6 is 15.9 Å². The molecule has 0 spiro atoms. The Kier molecular flexibility index (Phi) is 6.67. The normalized spacial score (nSPS) is 10.3. The highest BCUT2D eigenvalue weighted by Gasteiger charge is 2.17. The Labute approximate surface area is 160 Å². The molecular formula is C17H14BrF3N2O4. The molecule has 0 aromatic heterocycles. The van der Waals surface area contributed by atoms with Crippen LogP contribution in [0.3, 0.4) is 0 Å². The van der Waals surface area contributed by atoms with Crippen LogP contribution in [0.5, 0.6) is 11.5 Å². The van der Waals surface area contributed by atoms with E-state index in [1.807, 2.05) is 5.32 Å². The van der Waals surface area contributed by atoms with Crippen molar-refractivity contribution in [1.29, 1.82) is 0 Å². The lowest BCUT2D eigenvalue weighted by Gasteiger charge is -2.12. The Hall–Kier alpha value is -2.75. The smallest absolute Gasteiger partial charge is 0.251 e. The van der Waals surface area contributed by atoms with Crippen molar-refractivity contribution in [2.24, 2.45) is 0 Å². The number of anilines is 1. The molecule has 0 aliphatic carbocycles. The summed E-state index contributed by atoms with van der Waals surface area (Å²) in [5, 5.41) is 4.37. The molecule has 0 bridgehead atoms. The molecule has 0 atom stereocenters. The fourth-order valence-electron chi connectivity index (χ4n) is 2.08. The van der Waals surface area contributed by atoms with E-state index in [4.69, 9.17) is 9.47 Å². The molecule has 27 heavy (non-hydrogen) atoms. The third-order valence-electron chi connectivity index (χ3n) is 3.43. The van der Waals surface area contributed by atoms with Gasteiger partial charge in [0.05, 0.1) is 26.5 Å². The van der Waals surface area contributed by atoms with Gasteiger partial charge in [-0.3, -0.25) is 9.59 Å². The maximum absolute atomic E-state index is 13.5. The van der Waals surface area contributed by atoms with Crippen molar-refractivity contribution in [1.82, 2.24) is 5.32 Å². The quantitative estimate of drug-likeness (QED) is 0.667. The number of hydrogen-bond acceptors (Lipinski definition) is 4. The predicted octanol–water partition coefficient (Wildman–Crippen LogP) is 3.25. The second kappa shape index (κ2) is 8.76. The van der Waals surface area contributed by atoms with Crippen LogP contribution in [0.15, 0.2) is 28.7 Å². The van der Waals surface area contributed by atoms with Gasteiger partial charge in [-0.05, 0) is 40.2 Å². The number of benzene rings is 2. The van der Waals surface area contributed by atoms with E-state index in [0.717, 1.165) is 6.07 Å². The van der Waals surface area contributed by atoms with Crippen molar-refractivity contribution in [3.63, 3.8) is 0 Å². The van der Waals surface area contributed by atoms with Gasteiger partial charge in [0.15, 0.2) is 17.5 Å². The lowest BCUT2D eigenvalue weighted by molar-refractivity contribution is -0.115. The number of carbonyl (C=O) groups is 2. The molecular weight excluding hydrogens is 433 g/mol. The summed E-state index contributed by atoms with van der Waals surface area (Å²) in [5.41, 5.74) is -0.390. The SMILES string of the molecule is COc1cc(C(=O)NCC(=O)Nc2ccc(F)c(F)c2F)cc(OC)c1Br. The number of hydrogen-bond donors (Lipinski definition) is 2. The van der Waals surface area contributed by atoms with Gasteiger partial charge in [0.2, 0.25) is 5.91 Å². The third kappa shape index (κ3) is 4.70. The van der Waals surface area contributed by atoms with E-state index in [2.05, 4.69) is 21.2 Å². The molecule has 0 saturated carbocycles. The van der Waals surface area contributed by atoms with Crippen molar-refractivity contribution < 1.29 is 32.2 Å². The van der Waals surface area contributed by atoms with Crippen molar-refractivity contribution in [2.45, 2.75) is 0 Å². The fourth-order valence-corrected chi connectivity index (χ4v) is 2.63. The minimum atomic E-state index is -1.70. The van der Waals surface area contributed by atoms with Crippen molar-refractivity contribution >= 4 is 33.4 Å². The van der Waals surface area contributed by atoms with Gasteiger partial charge in [-0.2, -0.15) is 0 Å².